The zero-order chi connectivity index (χ0) is 12.9. The summed E-state index contributed by atoms with van der Waals surface area (Å²) in [7, 11) is 0. The van der Waals surface area contributed by atoms with Gasteiger partial charge in [0.05, 0.1) is 5.41 Å². The van der Waals surface area contributed by atoms with E-state index in [1.54, 1.807) is 0 Å². The third-order valence-electron chi connectivity index (χ3n) is 3.41. The standard InChI is InChI=1S/C13H25ClN2O/c1-4-6-16-7-5-11(9-16)8-15-12(17)13(2,3)10-14/h11H,4-10H2,1-3H3,(H,15,17). The van der Waals surface area contributed by atoms with Crippen LogP contribution in [0.3, 0.4) is 0 Å². The molecule has 1 amide bonds. The van der Waals surface area contributed by atoms with Crippen molar-refractivity contribution in [2.75, 3.05) is 32.1 Å². The van der Waals surface area contributed by atoms with E-state index in [2.05, 4.69) is 17.1 Å². The van der Waals surface area contributed by atoms with Crippen LogP contribution >= 0.6 is 11.6 Å². The molecule has 0 saturated carbocycles. The van der Waals surface area contributed by atoms with Gasteiger partial charge in [-0.2, -0.15) is 0 Å². The molecule has 1 atom stereocenters. The lowest BCUT2D eigenvalue weighted by molar-refractivity contribution is -0.128. The third-order valence-corrected chi connectivity index (χ3v) is 4.08. The van der Waals surface area contributed by atoms with Gasteiger partial charge in [0.1, 0.15) is 0 Å². The van der Waals surface area contributed by atoms with Crippen LogP contribution in [0.5, 0.6) is 0 Å². The molecule has 1 heterocycles. The highest BCUT2D eigenvalue weighted by atomic mass is 35.5. The molecule has 1 fully saturated rings. The van der Waals surface area contributed by atoms with Crippen molar-refractivity contribution in [3.8, 4) is 0 Å². The number of carbonyl (C=O) groups excluding carboxylic acids is 1. The van der Waals surface area contributed by atoms with Gasteiger partial charge in [0.2, 0.25) is 5.91 Å². The van der Waals surface area contributed by atoms with Crippen molar-refractivity contribution in [3.63, 3.8) is 0 Å². The summed E-state index contributed by atoms with van der Waals surface area (Å²) < 4.78 is 0. The molecule has 100 valence electrons. The van der Waals surface area contributed by atoms with Crippen LogP contribution < -0.4 is 5.32 Å². The van der Waals surface area contributed by atoms with Crippen LogP contribution in [0.2, 0.25) is 0 Å². The number of amides is 1. The molecular weight excluding hydrogens is 236 g/mol. The average Bonchev–Trinajstić information content (AvgIpc) is 2.74. The number of hydrogen-bond donors (Lipinski definition) is 1. The largest absolute Gasteiger partial charge is 0.355 e. The Morgan fingerprint density at radius 3 is 2.82 bits per heavy atom. The summed E-state index contributed by atoms with van der Waals surface area (Å²) in [5.74, 6) is 1.05. The van der Waals surface area contributed by atoms with Gasteiger partial charge in [-0.05, 0) is 45.7 Å². The van der Waals surface area contributed by atoms with Gasteiger partial charge in [0.15, 0.2) is 0 Å². The van der Waals surface area contributed by atoms with Crippen molar-refractivity contribution >= 4 is 17.5 Å². The van der Waals surface area contributed by atoms with E-state index in [4.69, 9.17) is 11.6 Å². The van der Waals surface area contributed by atoms with E-state index >= 15 is 0 Å². The first-order valence-corrected chi connectivity index (χ1v) is 7.09. The molecule has 0 aromatic heterocycles. The second-order valence-electron chi connectivity index (χ2n) is 5.68. The first kappa shape index (κ1) is 14.8. The molecule has 4 heteroatoms. The maximum absolute atomic E-state index is 11.9. The second-order valence-corrected chi connectivity index (χ2v) is 5.95. The summed E-state index contributed by atoms with van der Waals surface area (Å²) >= 11 is 5.78. The lowest BCUT2D eigenvalue weighted by Gasteiger charge is -2.22. The molecule has 0 aromatic rings. The van der Waals surface area contributed by atoms with E-state index in [-0.39, 0.29) is 5.91 Å². The Bertz CT molecular complexity index is 256. The Labute approximate surface area is 110 Å². The Hall–Kier alpha value is -0.280. The van der Waals surface area contributed by atoms with Crippen LogP contribution in [-0.2, 0) is 4.79 Å². The topological polar surface area (TPSA) is 32.3 Å². The third kappa shape index (κ3) is 4.47. The monoisotopic (exact) mass is 260 g/mol. The molecule has 1 unspecified atom stereocenters. The van der Waals surface area contributed by atoms with Crippen molar-refractivity contribution in [2.45, 2.75) is 33.6 Å². The second kappa shape index (κ2) is 6.60. The minimum absolute atomic E-state index is 0.0708. The highest BCUT2D eigenvalue weighted by molar-refractivity contribution is 6.19. The molecule has 1 aliphatic heterocycles. The van der Waals surface area contributed by atoms with E-state index in [1.807, 2.05) is 13.8 Å². The summed E-state index contributed by atoms with van der Waals surface area (Å²) in [5, 5.41) is 3.03. The summed E-state index contributed by atoms with van der Waals surface area (Å²) in [6.45, 7) is 10.2. The molecule has 17 heavy (non-hydrogen) atoms. The van der Waals surface area contributed by atoms with Crippen LogP contribution in [0.15, 0.2) is 0 Å². The molecule has 0 aromatic carbocycles. The SMILES string of the molecule is CCCN1CCC(CNC(=O)C(C)(C)CCl)C1. The Morgan fingerprint density at radius 2 is 2.24 bits per heavy atom. The number of halogens is 1. The van der Waals surface area contributed by atoms with E-state index in [0.29, 0.717) is 11.8 Å². The van der Waals surface area contributed by atoms with E-state index in [9.17, 15) is 4.79 Å². The van der Waals surface area contributed by atoms with Gasteiger partial charge in [0.25, 0.3) is 0 Å². The number of rotatable bonds is 6. The first-order chi connectivity index (χ1) is 7.99. The molecular formula is C13H25ClN2O. The Balaban J connectivity index is 2.26. The maximum atomic E-state index is 11.9. The van der Waals surface area contributed by atoms with Gasteiger partial charge in [-0.1, -0.05) is 6.92 Å². The number of alkyl halides is 1. The predicted octanol–water partition coefficient (Wildman–Crippen LogP) is 2.10. The first-order valence-electron chi connectivity index (χ1n) is 6.56. The average molecular weight is 261 g/mol. The smallest absolute Gasteiger partial charge is 0.226 e. The van der Waals surface area contributed by atoms with Crippen molar-refractivity contribution in [1.82, 2.24) is 10.2 Å². The van der Waals surface area contributed by atoms with Crippen LogP contribution in [0.1, 0.15) is 33.6 Å². The number of nitrogens with zero attached hydrogens (tertiary/aromatic N) is 1. The molecule has 0 bridgehead atoms. The molecule has 0 spiro atoms. The molecule has 1 N–H and O–H groups in total. The fraction of sp³-hybridized carbons (Fsp3) is 0.923. The quantitative estimate of drug-likeness (QED) is 0.742. The summed E-state index contributed by atoms with van der Waals surface area (Å²) in [6.07, 6.45) is 2.40. The Kier molecular flexibility index (Phi) is 5.74. The lowest BCUT2D eigenvalue weighted by Crippen LogP contribution is -2.40. The number of hydrogen-bond acceptors (Lipinski definition) is 2. The van der Waals surface area contributed by atoms with E-state index in [1.165, 1.54) is 25.9 Å². The maximum Gasteiger partial charge on any atom is 0.226 e. The summed E-state index contributed by atoms with van der Waals surface area (Å²) in [5.41, 5.74) is -0.455. The van der Waals surface area contributed by atoms with Crippen molar-refractivity contribution in [3.05, 3.63) is 0 Å². The van der Waals surface area contributed by atoms with Crippen LogP contribution in [0, 0.1) is 11.3 Å². The van der Waals surface area contributed by atoms with Gasteiger partial charge >= 0.3 is 0 Å². The van der Waals surface area contributed by atoms with Crippen molar-refractivity contribution in [2.24, 2.45) is 11.3 Å². The van der Waals surface area contributed by atoms with Gasteiger partial charge in [-0.3, -0.25) is 4.79 Å². The minimum atomic E-state index is -0.455. The zero-order valence-corrected chi connectivity index (χ0v) is 12.0. The van der Waals surface area contributed by atoms with Crippen molar-refractivity contribution < 1.29 is 4.79 Å². The number of likely N-dealkylation sites (tertiary alicyclic amines) is 1. The number of nitrogens with one attached hydrogen (secondary N) is 1. The van der Waals surface area contributed by atoms with Crippen LogP contribution in [0.4, 0.5) is 0 Å². The normalized spacial score (nSPS) is 21.8. The fourth-order valence-corrected chi connectivity index (χ4v) is 2.26. The molecule has 0 aliphatic carbocycles. The molecule has 1 rings (SSSR count). The lowest BCUT2D eigenvalue weighted by atomic mass is 9.95. The van der Waals surface area contributed by atoms with E-state index in [0.717, 1.165) is 13.1 Å². The predicted molar refractivity (Wildman–Crippen MR) is 72.3 cm³/mol. The van der Waals surface area contributed by atoms with Crippen LogP contribution in [-0.4, -0.2) is 42.9 Å². The molecule has 1 saturated heterocycles. The summed E-state index contributed by atoms with van der Waals surface area (Å²) in [4.78, 5) is 14.3. The van der Waals surface area contributed by atoms with Gasteiger partial charge in [-0.25, -0.2) is 0 Å². The fourth-order valence-electron chi connectivity index (χ4n) is 2.14. The van der Waals surface area contributed by atoms with Gasteiger partial charge in [-0.15, -0.1) is 11.6 Å². The minimum Gasteiger partial charge on any atom is -0.355 e. The van der Waals surface area contributed by atoms with Gasteiger partial charge in [0, 0.05) is 19.0 Å². The summed E-state index contributed by atoms with van der Waals surface area (Å²) in [6, 6.07) is 0. The van der Waals surface area contributed by atoms with Crippen LogP contribution in [0.25, 0.3) is 0 Å². The van der Waals surface area contributed by atoms with Gasteiger partial charge < -0.3 is 10.2 Å². The molecule has 3 nitrogen and oxygen atoms in total. The number of carbonyl (C=O) groups is 1. The van der Waals surface area contributed by atoms with E-state index < -0.39 is 5.41 Å². The molecule has 0 radical (unpaired) electrons. The molecule has 1 aliphatic rings. The van der Waals surface area contributed by atoms with Crippen molar-refractivity contribution in [1.29, 1.82) is 0 Å². The zero-order valence-electron chi connectivity index (χ0n) is 11.3. The highest BCUT2D eigenvalue weighted by Crippen LogP contribution is 2.19. The Morgan fingerprint density at radius 1 is 1.53 bits per heavy atom. The highest BCUT2D eigenvalue weighted by Gasteiger charge is 2.28.